The first kappa shape index (κ1) is 54.1. The standard InChI is InChI=1S/C51H69F3N12O5/c1-38(8-11-49(69)58-37-68)59(3)33-43-29-44(10-9-42(43)35-67)64-20-18-63(19-21-64)30-39-12-15-61(16-13-39)22-24-71-25-23-62(17-14-57-2)31-41-27-46(51(52,53)54)47-34-65(50(70)66(47)32-41)45-7-5-6-40(26-45)28-48(56)60(4)36-55/h5-7,9-10,14,17,27,29,32,34-40,55-56H,2,8,11-13,15-16,18-26,28,30-31,33H2,1,3-4H3,(H,58,68,69)/b17-14-,55-36?,56-48?. The highest BCUT2D eigenvalue weighted by molar-refractivity contribution is 5.89. The zero-order valence-electron chi connectivity index (χ0n) is 41.2. The number of pyridine rings is 1. The van der Waals surface area contributed by atoms with E-state index in [4.69, 9.17) is 15.6 Å². The lowest BCUT2D eigenvalue weighted by molar-refractivity contribution is -0.136. The number of hydrogen-bond donors (Lipinski definition) is 3. The Bertz CT molecular complexity index is 2490. The van der Waals surface area contributed by atoms with Crippen molar-refractivity contribution in [3.8, 4) is 0 Å². The lowest BCUT2D eigenvalue weighted by atomic mass is 9.94. The van der Waals surface area contributed by atoms with Crippen molar-refractivity contribution in [3.63, 3.8) is 0 Å². The summed E-state index contributed by atoms with van der Waals surface area (Å²) in [6.45, 7) is 14.8. The van der Waals surface area contributed by atoms with Crippen LogP contribution in [0.1, 0.15) is 72.5 Å². The van der Waals surface area contributed by atoms with Gasteiger partial charge in [-0.05, 0) is 113 Å². The molecule has 2 atom stereocenters. The third-order valence-corrected chi connectivity index (χ3v) is 13.9. The topological polar surface area (TPSA) is 178 Å². The molecule has 0 bridgehead atoms. The first-order valence-electron chi connectivity index (χ1n) is 24.3. The van der Waals surface area contributed by atoms with Crippen molar-refractivity contribution in [2.24, 2.45) is 16.8 Å². The molecule has 3 aliphatic rings. The second-order valence-corrected chi connectivity index (χ2v) is 18.8. The monoisotopic (exact) mass is 987 g/mol. The number of allylic oxidation sites excluding steroid dienone is 4. The van der Waals surface area contributed by atoms with E-state index in [9.17, 15) is 32.3 Å². The van der Waals surface area contributed by atoms with Crippen LogP contribution in [0.5, 0.6) is 0 Å². The number of aliphatic imine (C=N–C) groups is 1. The van der Waals surface area contributed by atoms with Crippen LogP contribution < -0.4 is 15.9 Å². The molecule has 0 radical (unpaired) electrons. The molecule has 3 N–H and O–H groups in total. The van der Waals surface area contributed by atoms with Gasteiger partial charge in [-0.15, -0.1) is 0 Å². The molecule has 20 heteroatoms. The normalized spacial score (nSPS) is 17.6. The molecule has 0 spiro atoms. The van der Waals surface area contributed by atoms with E-state index < -0.39 is 17.4 Å². The second kappa shape index (κ2) is 25.8. The van der Waals surface area contributed by atoms with Gasteiger partial charge >= 0.3 is 11.9 Å². The lowest BCUT2D eigenvalue weighted by Gasteiger charge is -2.39. The number of likely N-dealkylation sites (tertiary alicyclic amines) is 1. The van der Waals surface area contributed by atoms with Crippen molar-refractivity contribution < 1.29 is 32.3 Å². The minimum Gasteiger partial charge on any atom is -0.378 e. The molecule has 2 unspecified atom stereocenters. The zero-order chi connectivity index (χ0) is 51.1. The Labute approximate surface area is 413 Å². The summed E-state index contributed by atoms with van der Waals surface area (Å²) in [6, 6.07) is 7.18. The molecule has 2 aliphatic heterocycles. The number of hydrogen-bond acceptors (Lipinski definition) is 13. The van der Waals surface area contributed by atoms with Crippen LogP contribution >= 0.6 is 0 Å². The van der Waals surface area contributed by atoms with E-state index in [-0.39, 0.29) is 47.7 Å². The Morgan fingerprint density at radius 3 is 2.49 bits per heavy atom. The van der Waals surface area contributed by atoms with Crippen LogP contribution in [0.2, 0.25) is 0 Å². The summed E-state index contributed by atoms with van der Waals surface area (Å²) in [5.41, 5.74) is 1.69. The number of alkyl halides is 3. The highest BCUT2D eigenvalue weighted by Gasteiger charge is 2.35. The smallest absolute Gasteiger partial charge is 0.378 e. The number of benzene rings is 1. The number of amides is 2. The van der Waals surface area contributed by atoms with Gasteiger partial charge in [0.2, 0.25) is 12.3 Å². The van der Waals surface area contributed by atoms with Crippen LogP contribution in [0, 0.1) is 22.7 Å². The predicted molar refractivity (Wildman–Crippen MR) is 271 cm³/mol. The number of imidazole rings is 1. The average molecular weight is 987 g/mol. The number of nitrogens with one attached hydrogen (secondary N) is 3. The number of nitrogens with zero attached hydrogens (tertiary/aromatic N) is 9. The molecule has 17 nitrogen and oxygen atoms in total. The number of halogens is 3. The number of aldehydes is 1. The van der Waals surface area contributed by atoms with E-state index in [1.807, 2.05) is 32.2 Å². The molecule has 6 rings (SSSR count). The van der Waals surface area contributed by atoms with Crippen molar-refractivity contribution in [1.82, 2.24) is 38.8 Å². The summed E-state index contributed by atoms with van der Waals surface area (Å²) in [7, 11) is 3.58. The highest BCUT2D eigenvalue weighted by atomic mass is 19.4. The maximum absolute atomic E-state index is 14.6. The van der Waals surface area contributed by atoms with Gasteiger partial charge < -0.3 is 24.3 Å². The number of imide groups is 1. The quantitative estimate of drug-likeness (QED) is 0.0414. The fourth-order valence-corrected chi connectivity index (χ4v) is 9.45. The van der Waals surface area contributed by atoms with Crippen molar-refractivity contribution >= 4 is 54.4 Å². The number of anilines is 1. The molecule has 2 aromatic heterocycles. The fraction of sp³-hybridized carbons (Fsp3) is 0.510. The van der Waals surface area contributed by atoms with Crippen molar-refractivity contribution in [2.45, 2.75) is 70.8 Å². The summed E-state index contributed by atoms with van der Waals surface area (Å²) in [4.78, 5) is 64.4. The van der Waals surface area contributed by atoms with E-state index in [1.54, 1.807) is 30.3 Å². The Morgan fingerprint density at radius 1 is 1.04 bits per heavy atom. The first-order chi connectivity index (χ1) is 34.1. The average Bonchev–Trinajstić information content (AvgIpc) is 3.69. The number of amidine groups is 1. The summed E-state index contributed by atoms with van der Waals surface area (Å²) in [5, 5.41) is 17.8. The fourth-order valence-electron chi connectivity index (χ4n) is 9.45. The Balaban J connectivity index is 0.939. The summed E-state index contributed by atoms with van der Waals surface area (Å²) >= 11 is 0. The zero-order valence-corrected chi connectivity index (χ0v) is 41.2. The molecule has 2 amide bonds. The second-order valence-electron chi connectivity index (χ2n) is 18.8. The van der Waals surface area contributed by atoms with Crippen molar-refractivity contribution in [3.05, 3.63) is 100 Å². The van der Waals surface area contributed by atoms with Crippen LogP contribution in [0.4, 0.5) is 18.9 Å². The van der Waals surface area contributed by atoms with Gasteiger partial charge in [0.15, 0.2) is 0 Å². The Hall–Kier alpha value is -6.22. The van der Waals surface area contributed by atoms with Crippen LogP contribution in [0.3, 0.4) is 0 Å². The third-order valence-electron chi connectivity index (χ3n) is 13.9. The van der Waals surface area contributed by atoms with Crippen LogP contribution in [-0.2, 0) is 33.6 Å². The molecule has 71 heavy (non-hydrogen) atoms. The number of fused-ring (bicyclic) bond motifs is 1. The van der Waals surface area contributed by atoms with E-state index in [2.05, 4.69) is 42.7 Å². The summed E-state index contributed by atoms with van der Waals surface area (Å²) < 4.78 is 52.1. The molecule has 1 aliphatic carbocycles. The molecule has 3 aromatic rings. The van der Waals surface area contributed by atoms with Crippen LogP contribution in [0.25, 0.3) is 11.2 Å². The molecule has 2 saturated heterocycles. The van der Waals surface area contributed by atoms with Gasteiger partial charge in [0, 0.05) is 127 Å². The number of carbonyl (C=O) groups is 3. The third kappa shape index (κ3) is 15.1. The number of piperazine rings is 1. The number of ether oxygens (including phenoxy) is 1. The maximum atomic E-state index is 14.6. The van der Waals surface area contributed by atoms with E-state index in [0.717, 1.165) is 99.5 Å². The number of aromatic nitrogens is 2. The van der Waals surface area contributed by atoms with Crippen molar-refractivity contribution in [2.75, 3.05) is 91.1 Å². The van der Waals surface area contributed by atoms with E-state index in [1.165, 1.54) is 28.1 Å². The number of rotatable bonds is 25. The summed E-state index contributed by atoms with van der Waals surface area (Å²) in [5.74, 6) is 0.343. The van der Waals surface area contributed by atoms with Gasteiger partial charge in [-0.2, -0.15) is 13.2 Å². The minimum atomic E-state index is -4.73. The Morgan fingerprint density at radius 2 is 1.80 bits per heavy atom. The number of piperidine rings is 1. The molecular weight excluding hydrogens is 918 g/mol. The molecule has 1 aromatic carbocycles. The SMILES string of the molecule is C=N/C=C\N(CCOCCN1CCC(CN2CCN(c3ccc(C=O)c(CN(C)C(C)CCC(=O)NC=O)c3)CC2)CC1)Cc1cc(C(F)(F)F)c2cn(C3=CC=CC(CC(=N)N(C)C=N)C3)c(=O)n2c1. The highest BCUT2D eigenvalue weighted by Crippen LogP contribution is 2.34. The van der Waals surface area contributed by atoms with E-state index in [0.29, 0.717) is 69.2 Å². The molecule has 4 heterocycles. The predicted octanol–water partition coefficient (Wildman–Crippen LogP) is 5.65. The van der Waals surface area contributed by atoms with Crippen molar-refractivity contribution in [1.29, 1.82) is 10.8 Å². The minimum absolute atomic E-state index is 0.0631. The lowest BCUT2D eigenvalue weighted by Crippen LogP contribution is -2.49. The van der Waals surface area contributed by atoms with Gasteiger partial charge in [0.25, 0.3) is 0 Å². The van der Waals surface area contributed by atoms with Crippen LogP contribution in [-0.4, -0.2) is 163 Å². The van der Waals surface area contributed by atoms with E-state index >= 15 is 0 Å². The Kier molecular flexibility index (Phi) is 19.6. The maximum Gasteiger partial charge on any atom is 0.418 e. The largest absolute Gasteiger partial charge is 0.418 e. The molecule has 2 fully saturated rings. The van der Waals surface area contributed by atoms with Gasteiger partial charge in [-0.3, -0.25) is 54.3 Å². The van der Waals surface area contributed by atoms with Gasteiger partial charge in [0.1, 0.15) is 12.1 Å². The summed E-state index contributed by atoms with van der Waals surface area (Å²) in [6.07, 6.45) is 12.4. The first-order valence-corrected chi connectivity index (χ1v) is 24.3. The van der Waals surface area contributed by atoms with Gasteiger partial charge in [-0.25, -0.2) is 4.79 Å². The van der Waals surface area contributed by atoms with Gasteiger partial charge in [-0.1, -0.05) is 12.2 Å². The van der Waals surface area contributed by atoms with Crippen LogP contribution in [0.15, 0.2) is 77.1 Å². The molecular formula is C51H69F3N12O5. The molecule has 384 valence electrons. The van der Waals surface area contributed by atoms with Gasteiger partial charge in [0.05, 0.1) is 30.6 Å². The molecule has 0 saturated carbocycles. The number of carbonyl (C=O) groups excluding carboxylic acids is 3.